The number of nitrogens with zero attached hydrogens (tertiary/aromatic N) is 2. The minimum absolute atomic E-state index is 0.149. The molecule has 1 aliphatic rings. The molecule has 0 spiro atoms. The fraction of sp³-hybridized carbons (Fsp3) is 0.312. The largest absolute Gasteiger partial charge is 0.384 e. The second-order valence-electron chi connectivity index (χ2n) is 11.8. The van der Waals surface area contributed by atoms with Gasteiger partial charge in [-0.2, -0.15) is 5.10 Å². The summed E-state index contributed by atoms with van der Waals surface area (Å²) in [4.78, 5) is 13.0. The van der Waals surface area contributed by atoms with Gasteiger partial charge in [0.2, 0.25) is 0 Å². The second kappa shape index (κ2) is 10.4. The van der Waals surface area contributed by atoms with Crippen LogP contribution in [0.25, 0.3) is 38.6 Å². The van der Waals surface area contributed by atoms with Crippen molar-refractivity contribution in [3.05, 3.63) is 83.9 Å². The van der Waals surface area contributed by atoms with Gasteiger partial charge in [-0.25, -0.2) is 12.8 Å². The lowest BCUT2D eigenvalue weighted by Gasteiger charge is -2.34. The number of carbonyl (C=O) groups is 1. The van der Waals surface area contributed by atoms with E-state index in [9.17, 15) is 17.6 Å². The molecule has 218 valence electrons. The van der Waals surface area contributed by atoms with Crippen LogP contribution in [-0.2, 0) is 20.0 Å². The fourth-order valence-electron chi connectivity index (χ4n) is 6.04. The Morgan fingerprint density at radius 1 is 1.12 bits per heavy atom. The standard InChI is InChI=1S/C32H33FN4O4S/c1-32(2,18-41-3)30-29(19-5-7-20(8-6-19)31(38)35-23-14-25(15-23)42(4,39)40)26-16-27-21(17-34-36-27)13-28(26)37(30)24-11-9-22(33)10-12-24/h5-13,16-17,23,25H,14-15,18H2,1-4H3,(H,34,36)(H,35,38). The van der Waals surface area contributed by atoms with E-state index in [0.29, 0.717) is 25.0 Å². The average molecular weight is 589 g/mol. The molecule has 1 aliphatic carbocycles. The molecule has 10 heteroatoms. The first-order valence-electron chi connectivity index (χ1n) is 13.8. The second-order valence-corrected chi connectivity index (χ2v) is 14.2. The third kappa shape index (κ3) is 4.98. The highest BCUT2D eigenvalue weighted by Gasteiger charge is 2.37. The molecule has 3 aromatic carbocycles. The number of amides is 1. The zero-order chi connectivity index (χ0) is 29.8. The number of nitrogens with one attached hydrogen (secondary N) is 2. The van der Waals surface area contributed by atoms with Gasteiger partial charge in [0.05, 0.1) is 29.1 Å². The summed E-state index contributed by atoms with van der Waals surface area (Å²) in [7, 11) is -1.42. The summed E-state index contributed by atoms with van der Waals surface area (Å²) in [6.07, 6.45) is 3.89. The summed E-state index contributed by atoms with van der Waals surface area (Å²) in [5.41, 5.74) is 5.57. The lowest BCUT2D eigenvalue weighted by atomic mass is 9.84. The number of halogens is 1. The van der Waals surface area contributed by atoms with Crippen molar-refractivity contribution in [2.75, 3.05) is 20.0 Å². The van der Waals surface area contributed by atoms with Gasteiger partial charge in [-0.05, 0) is 66.9 Å². The van der Waals surface area contributed by atoms with Crippen LogP contribution in [0.1, 0.15) is 42.7 Å². The van der Waals surface area contributed by atoms with Crippen LogP contribution in [0.3, 0.4) is 0 Å². The molecule has 2 aromatic heterocycles. The number of H-pyrrole nitrogens is 1. The number of sulfone groups is 1. The summed E-state index contributed by atoms with van der Waals surface area (Å²) in [6.45, 7) is 4.67. The summed E-state index contributed by atoms with van der Waals surface area (Å²) in [5, 5.41) is 11.8. The van der Waals surface area contributed by atoms with Crippen molar-refractivity contribution in [1.82, 2.24) is 20.1 Å². The van der Waals surface area contributed by atoms with E-state index in [1.807, 2.05) is 12.1 Å². The molecule has 0 bridgehead atoms. The minimum Gasteiger partial charge on any atom is -0.384 e. The molecule has 2 N–H and O–H groups in total. The van der Waals surface area contributed by atoms with Gasteiger partial charge in [0.1, 0.15) is 15.7 Å². The highest BCUT2D eigenvalue weighted by molar-refractivity contribution is 7.91. The van der Waals surface area contributed by atoms with Gasteiger partial charge in [-0.15, -0.1) is 0 Å². The first kappa shape index (κ1) is 28.1. The first-order valence-corrected chi connectivity index (χ1v) is 15.8. The van der Waals surface area contributed by atoms with E-state index in [1.165, 1.54) is 18.4 Å². The Morgan fingerprint density at radius 2 is 1.81 bits per heavy atom. The molecule has 1 amide bonds. The summed E-state index contributed by atoms with van der Waals surface area (Å²) < 4.78 is 45.3. The molecule has 6 rings (SSSR count). The van der Waals surface area contributed by atoms with Gasteiger partial charge < -0.3 is 14.6 Å². The van der Waals surface area contributed by atoms with Crippen molar-refractivity contribution in [3.8, 4) is 16.8 Å². The van der Waals surface area contributed by atoms with Crippen LogP contribution < -0.4 is 5.32 Å². The molecule has 5 aromatic rings. The van der Waals surface area contributed by atoms with Crippen molar-refractivity contribution in [3.63, 3.8) is 0 Å². The number of hydrogen-bond acceptors (Lipinski definition) is 5. The Labute approximate surface area is 243 Å². The molecule has 0 aliphatic heterocycles. The zero-order valence-electron chi connectivity index (χ0n) is 23.9. The van der Waals surface area contributed by atoms with Gasteiger partial charge in [-0.3, -0.25) is 9.89 Å². The predicted molar refractivity (Wildman–Crippen MR) is 162 cm³/mol. The number of aromatic nitrogens is 3. The molecular formula is C32H33FN4O4S. The molecule has 1 saturated carbocycles. The average Bonchev–Trinajstić information content (AvgIpc) is 3.51. The third-order valence-corrected chi connectivity index (χ3v) is 9.83. The topological polar surface area (TPSA) is 106 Å². The Kier molecular flexibility index (Phi) is 6.93. The van der Waals surface area contributed by atoms with Crippen molar-refractivity contribution in [2.24, 2.45) is 0 Å². The Morgan fingerprint density at radius 3 is 2.45 bits per heavy atom. The van der Waals surface area contributed by atoms with Crippen LogP contribution in [0.4, 0.5) is 4.39 Å². The van der Waals surface area contributed by atoms with Crippen molar-refractivity contribution in [1.29, 1.82) is 0 Å². The lowest BCUT2D eigenvalue weighted by molar-refractivity contribution is 0.0918. The lowest BCUT2D eigenvalue weighted by Crippen LogP contribution is -2.49. The van der Waals surface area contributed by atoms with Gasteiger partial charge >= 0.3 is 0 Å². The monoisotopic (exact) mass is 588 g/mol. The number of fused-ring (bicyclic) bond motifs is 2. The van der Waals surface area contributed by atoms with Gasteiger partial charge in [-0.1, -0.05) is 26.0 Å². The van der Waals surface area contributed by atoms with Crippen LogP contribution >= 0.6 is 0 Å². The number of methoxy groups -OCH3 is 1. The van der Waals surface area contributed by atoms with E-state index in [-0.39, 0.29) is 23.0 Å². The van der Waals surface area contributed by atoms with Crippen LogP contribution in [0.2, 0.25) is 0 Å². The summed E-state index contributed by atoms with van der Waals surface area (Å²) in [5.74, 6) is -0.542. The number of carbonyl (C=O) groups excluding carboxylic acids is 1. The van der Waals surface area contributed by atoms with E-state index in [1.54, 1.807) is 37.6 Å². The van der Waals surface area contributed by atoms with Gasteiger partial charge in [0.25, 0.3) is 5.91 Å². The smallest absolute Gasteiger partial charge is 0.251 e. The van der Waals surface area contributed by atoms with Crippen molar-refractivity contribution in [2.45, 2.75) is 43.4 Å². The summed E-state index contributed by atoms with van der Waals surface area (Å²) in [6, 6.07) is 17.9. The van der Waals surface area contributed by atoms with Crippen LogP contribution in [0.15, 0.2) is 66.9 Å². The van der Waals surface area contributed by atoms with E-state index in [4.69, 9.17) is 4.74 Å². The molecule has 1 fully saturated rings. The molecule has 8 nitrogen and oxygen atoms in total. The van der Waals surface area contributed by atoms with Crippen molar-refractivity contribution >= 4 is 37.6 Å². The number of ether oxygens (including phenoxy) is 1. The SMILES string of the molecule is COCC(C)(C)c1c(-c2ccc(C(=O)NC3CC(S(C)(=O)=O)C3)cc2)c2cc3[nH]ncc3cc2n1-c1ccc(F)cc1. The first-order chi connectivity index (χ1) is 20.0. The fourth-order valence-corrected chi connectivity index (χ4v) is 7.20. The zero-order valence-corrected chi connectivity index (χ0v) is 24.8. The number of rotatable bonds is 8. The molecule has 0 saturated heterocycles. The minimum atomic E-state index is -3.09. The normalized spacial score (nSPS) is 17.5. The number of benzene rings is 3. The third-order valence-electron chi connectivity index (χ3n) is 8.23. The molecule has 0 atom stereocenters. The maximum Gasteiger partial charge on any atom is 0.251 e. The molecule has 2 heterocycles. The Balaban J connectivity index is 1.47. The molecule has 0 radical (unpaired) electrons. The molecular weight excluding hydrogens is 555 g/mol. The number of hydrogen-bond donors (Lipinski definition) is 2. The van der Waals surface area contributed by atoms with Gasteiger partial charge in [0, 0.05) is 58.1 Å². The van der Waals surface area contributed by atoms with E-state index < -0.39 is 15.3 Å². The van der Waals surface area contributed by atoms with Crippen LogP contribution in [0, 0.1) is 5.82 Å². The maximum absolute atomic E-state index is 14.0. The predicted octanol–water partition coefficient (Wildman–Crippen LogP) is 5.54. The quantitative estimate of drug-likeness (QED) is 0.248. The van der Waals surface area contributed by atoms with Gasteiger partial charge in [0.15, 0.2) is 0 Å². The van der Waals surface area contributed by atoms with E-state index in [2.05, 4.69) is 46.1 Å². The van der Waals surface area contributed by atoms with Crippen LogP contribution in [0.5, 0.6) is 0 Å². The molecule has 42 heavy (non-hydrogen) atoms. The van der Waals surface area contributed by atoms with E-state index in [0.717, 1.165) is 44.3 Å². The molecule has 0 unspecified atom stereocenters. The van der Waals surface area contributed by atoms with Crippen molar-refractivity contribution < 1.29 is 22.3 Å². The highest BCUT2D eigenvalue weighted by Crippen LogP contribution is 2.44. The highest BCUT2D eigenvalue weighted by atomic mass is 32.2. The van der Waals surface area contributed by atoms with E-state index >= 15 is 0 Å². The number of aromatic amines is 1. The summed E-state index contributed by atoms with van der Waals surface area (Å²) >= 11 is 0. The maximum atomic E-state index is 14.0. The van der Waals surface area contributed by atoms with Crippen LogP contribution in [-0.4, -0.2) is 60.4 Å². The Bertz CT molecular complexity index is 1900. The Hall–Kier alpha value is -4.02.